The molecule has 1 aliphatic rings. The molecule has 0 amide bonds. The fourth-order valence-corrected chi connectivity index (χ4v) is 2.76. The zero-order valence-corrected chi connectivity index (χ0v) is 12.5. The van der Waals surface area contributed by atoms with Gasteiger partial charge in [-0.1, -0.05) is 0 Å². The van der Waals surface area contributed by atoms with Gasteiger partial charge in [0.1, 0.15) is 11.6 Å². The molecule has 2 rings (SSSR count). The SMILES string of the molecule is CC(=O)c1cc(F)cc(CN2CCCC(C)(O)CC2)c1O. The van der Waals surface area contributed by atoms with Crippen LogP contribution in [0.25, 0.3) is 0 Å². The third kappa shape index (κ3) is 4.02. The van der Waals surface area contributed by atoms with Gasteiger partial charge in [-0.25, -0.2) is 4.39 Å². The van der Waals surface area contributed by atoms with Crippen LogP contribution in [-0.4, -0.2) is 39.6 Å². The summed E-state index contributed by atoms with van der Waals surface area (Å²) < 4.78 is 13.6. The molecule has 4 nitrogen and oxygen atoms in total. The number of hydrogen-bond donors (Lipinski definition) is 2. The second-order valence-electron chi connectivity index (χ2n) is 6.14. The van der Waals surface area contributed by atoms with E-state index in [1.54, 1.807) is 0 Å². The van der Waals surface area contributed by atoms with E-state index in [9.17, 15) is 19.4 Å². The van der Waals surface area contributed by atoms with Crippen LogP contribution in [0.4, 0.5) is 4.39 Å². The lowest BCUT2D eigenvalue weighted by molar-refractivity contribution is 0.0444. The predicted octanol–water partition coefficient (Wildman–Crippen LogP) is 2.47. The van der Waals surface area contributed by atoms with Crippen LogP contribution in [0.1, 0.15) is 49.0 Å². The highest BCUT2D eigenvalue weighted by molar-refractivity contribution is 5.97. The van der Waals surface area contributed by atoms with E-state index in [1.807, 2.05) is 6.92 Å². The number of carbonyl (C=O) groups excluding carboxylic acids is 1. The lowest BCUT2D eigenvalue weighted by Crippen LogP contribution is -2.28. The second kappa shape index (κ2) is 6.12. The van der Waals surface area contributed by atoms with Gasteiger partial charge in [-0.2, -0.15) is 0 Å². The number of carbonyl (C=O) groups is 1. The van der Waals surface area contributed by atoms with Crippen molar-refractivity contribution in [1.82, 2.24) is 4.90 Å². The molecule has 1 aromatic carbocycles. The normalized spacial score (nSPS) is 23.8. The Balaban J connectivity index is 2.18. The first kappa shape index (κ1) is 15.9. The number of benzene rings is 1. The van der Waals surface area contributed by atoms with Crippen molar-refractivity contribution in [3.63, 3.8) is 0 Å². The molecule has 0 spiro atoms. The molecule has 1 aliphatic heterocycles. The summed E-state index contributed by atoms with van der Waals surface area (Å²) in [7, 11) is 0. The zero-order chi connectivity index (χ0) is 15.6. The Labute approximate surface area is 124 Å². The van der Waals surface area contributed by atoms with Crippen LogP contribution >= 0.6 is 0 Å². The second-order valence-corrected chi connectivity index (χ2v) is 6.14. The van der Waals surface area contributed by atoms with Gasteiger partial charge in [-0.05, 0) is 51.8 Å². The minimum Gasteiger partial charge on any atom is -0.507 e. The highest BCUT2D eigenvalue weighted by Gasteiger charge is 2.25. The molecule has 1 aromatic rings. The van der Waals surface area contributed by atoms with Crippen molar-refractivity contribution < 1.29 is 19.4 Å². The molecule has 0 radical (unpaired) electrons. The van der Waals surface area contributed by atoms with Crippen LogP contribution in [-0.2, 0) is 6.54 Å². The van der Waals surface area contributed by atoms with E-state index in [1.165, 1.54) is 13.0 Å². The van der Waals surface area contributed by atoms with E-state index in [2.05, 4.69) is 4.90 Å². The van der Waals surface area contributed by atoms with Crippen LogP contribution in [0.2, 0.25) is 0 Å². The molecular formula is C16H22FNO3. The van der Waals surface area contributed by atoms with Gasteiger partial charge in [-0.3, -0.25) is 9.69 Å². The van der Waals surface area contributed by atoms with Gasteiger partial charge in [0.2, 0.25) is 0 Å². The lowest BCUT2D eigenvalue weighted by atomic mass is 9.98. The molecule has 2 N–H and O–H groups in total. The highest BCUT2D eigenvalue weighted by Crippen LogP contribution is 2.28. The summed E-state index contributed by atoms with van der Waals surface area (Å²) in [6.45, 7) is 4.96. The van der Waals surface area contributed by atoms with E-state index in [0.717, 1.165) is 25.5 Å². The Kier molecular flexibility index (Phi) is 4.64. The molecule has 1 fully saturated rings. The number of likely N-dealkylation sites (tertiary alicyclic amines) is 1. The van der Waals surface area contributed by atoms with E-state index >= 15 is 0 Å². The van der Waals surface area contributed by atoms with Crippen LogP contribution < -0.4 is 0 Å². The predicted molar refractivity (Wildman–Crippen MR) is 77.8 cm³/mol. The van der Waals surface area contributed by atoms with E-state index < -0.39 is 11.4 Å². The number of phenols is 1. The fourth-order valence-electron chi connectivity index (χ4n) is 2.76. The van der Waals surface area contributed by atoms with Crippen molar-refractivity contribution in [3.8, 4) is 5.75 Å². The Hall–Kier alpha value is -1.46. The molecule has 1 atom stereocenters. The summed E-state index contributed by atoms with van der Waals surface area (Å²) in [5.74, 6) is -1.01. The molecule has 1 saturated heterocycles. The number of aliphatic hydroxyl groups is 1. The van der Waals surface area contributed by atoms with Crippen molar-refractivity contribution in [3.05, 3.63) is 29.1 Å². The molecule has 0 aromatic heterocycles. The average molecular weight is 295 g/mol. The van der Waals surface area contributed by atoms with Gasteiger partial charge in [0.15, 0.2) is 5.78 Å². The van der Waals surface area contributed by atoms with Gasteiger partial charge < -0.3 is 10.2 Å². The minimum absolute atomic E-state index is 0.0202. The first-order valence-corrected chi connectivity index (χ1v) is 7.25. The van der Waals surface area contributed by atoms with Gasteiger partial charge >= 0.3 is 0 Å². The Morgan fingerprint density at radius 2 is 2.10 bits per heavy atom. The van der Waals surface area contributed by atoms with Crippen LogP contribution in [0.5, 0.6) is 5.75 Å². The smallest absolute Gasteiger partial charge is 0.163 e. The third-order valence-electron chi connectivity index (χ3n) is 4.08. The summed E-state index contributed by atoms with van der Waals surface area (Å²) >= 11 is 0. The lowest BCUT2D eigenvalue weighted by Gasteiger charge is -2.23. The molecule has 1 unspecified atom stereocenters. The number of hydrogen-bond acceptors (Lipinski definition) is 4. The maximum atomic E-state index is 13.6. The molecule has 116 valence electrons. The van der Waals surface area contributed by atoms with Crippen LogP contribution in [0.15, 0.2) is 12.1 Å². The minimum atomic E-state index is -0.663. The average Bonchev–Trinajstić information content (AvgIpc) is 2.54. The van der Waals surface area contributed by atoms with E-state index in [-0.39, 0.29) is 17.1 Å². The molecule has 5 heteroatoms. The number of nitrogens with zero attached hydrogens (tertiary/aromatic N) is 1. The largest absolute Gasteiger partial charge is 0.507 e. The van der Waals surface area contributed by atoms with Crippen molar-refractivity contribution in [2.75, 3.05) is 13.1 Å². The van der Waals surface area contributed by atoms with Crippen LogP contribution in [0.3, 0.4) is 0 Å². The number of aromatic hydroxyl groups is 1. The van der Waals surface area contributed by atoms with Gasteiger partial charge in [0.25, 0.3) is 0 Å². The quantitative estimate of drug-likeness (QED) is 0.841. The van der Waals surface area contributed by atoms with Gasteiger partial charge in [0.05, 0.1) is 11.2 Å². The monoisotopic (exact) mass is 295 g/mol. The number of ketones is 1. The fraction of sp³-hybridized carbons (Fsp3) is 0.562. The third-order valence-corrected chi connectivity index (χ3v) is 4.08. The topological polar surface area (TPSA) is 60.8 Å². The summed E-state index contributed by atoms with van der Waals surface area (Å²) in [5, 5.41) is 20.2. The zero-order valence-electron chi connectivity index (χ0n) is 12.5. The Morgan fingerprint density at radius 3 is 2.76 bits per heavy atom. The Bertz CT molecular complexity index is 543. The first-order valence-electron chi connectivity index (χ1n) is 7.25. The van der Waals surface area contributed by atoms with Crippen molar-refractivity contribution >= 4 is 5.78 Å². The van der Waals surface area contributed by atoms with Crippen molar-refractivity contribution in [1.29, 1.82) is 0 Å². The molecule has 0 bridgehead atoms. The van der Waals surface area contributed by atoms with Crippen molar-refractivity contribution in [2.45, 2.75) is 45.3 Å². The summed E-state index contributed by atoms with van der Waals surface area (Å²) in [6, 6.07) is 2.33. The van der Waals surface area contributed by atoms with E-state index in [4.69, 9.17) is 0 Å². The summed E-state index contributed by atoms with van der Waals surface area (Å²) in [6.07, 6.45) is 2.22. The number of Topliss-reactive ketones (excluding diaryl/α,β-unsaturated/α-hetero) is 1. The summed E-state index contributed by atoms with van der Waals surface area (Å²) in [5.41, 5.74) is -0.225. The molecule has 0 aliphatic carbocycles. The maximum Gasteiger partial charge on any atom is 0.163 e. The molecule has 1 heterocycles. The standard InChI is InChI=1S/C16H22FNO3/c1-11(19)14-9-13(17)8-12(15(14)20)10-18-6-3-4-16(2,21)5-7-18/h8-9,20-21H,3-7,10H2,1-2H3. The molecular weight excluding hydrogens is 273 g/mol. The van der Waals surface area contributed by atoms with Crippen LogP contribution in [0, 0.1) is 5.82 Å². The van der Waals surface area contributed by atoms with Gasteiger partial charge in [0, 0.05) is 18.7 Å². The Morgan fingerprint density at radius 1 is 1.38 bits per heavy atom. The number of rotatable bonds is 3. The number of halogens is 1. The van der Waals surface area contributed by atoms with E-state index in [0.29, 0.717) is 25.1 Å². The molecule has 21 heavy (non-hydrogen) atoms. The highest BCUT2D eigenvalue weighted by atomic mass is 19.1. The summed E-state index contributed by atoms with van der Waals surface area (Å²) in [4.78, 5) is 13.5. The maximum absolute atomic E-state index is 13.6. The first-order chi connectivity index (χ1) is 9.78. The van der Waals surface area contributed by atoms with Crippen molar-refractivity contribution in [2.24, 2.45) is 0 Å². The number of phenolic OH excluding ortho intramolecular Hbond substituents is 1. The molecule has 0 saturated carbocycles. The van der Waals surface area contributed by atoms with Gasteiger partial charge in [-0.15, -0.1) is 0 Å².